The van der Waals surface area contributed by atoms with Gasteiger partial charge in [-0.25, -0.2) is 0 Å². The van der Waals surface area contributed by atoms with Crippen LogP contribution in [0.1, 0.15) is 120 Å². The Hall–Kier alpha value is -1.35. The normalized spacial score (nSPS) is 39.1. The second-order valence-corrected chi connectivity index (χ2v) is 14.9. The Balaban J connectivity index is 0.00000181. The highest BCUT2D eigenvalue weighted by Gasteiger charge is 2.59. The molecule has 0 aromatic rings. The average Bonchev–Trinajstić information content (AvgIpc) is 3.51. The minimum Gasteiger partial charge on any atom is -0.371 e. The van der Waals surface area contributed by atoms with Crippen molar-refractivity contribution >= 4 is 5.71 Å². The molecule has 8 unspecified atom stereocenters. The van der Waals surface area contributed by atoms with Crippen molar-refractivity contribution in [3.8, 4) is 0 Å². The van der Waals surface area contributed by atoms with Gasteiger partial charge in [0.15, 0.2) is 0 Å². The van der Waals surface area contributed by atoms with Gasteiger partial charge in [-0.1, -0.05) is 65.0 Å². The molecule has 4 aliphatic carbocycles. The van der Waals surface area contributed by atoms with Crippen molar-refractivity contribution in [1.82, 2.24) is 10.2 Å². The van der Waals surface area contributed by atoms with Crippen molar-refractivity contribution in [3.05, 3.63) is 36.1 Å². The number of nitrogens with zero attached hydrogens (tertiary/aromatic N) is 2. The minimum absolute atomic E-state index is 0.425. The van der Waals surface area contributed by atoms with E-state index in [1.165, 1.54) is 87.7 Å². The van der Waals surface area contributed by atoms with E-state index < -0.39 is 0 Å². The summed E-state index contributed by atoms with van der Waals surface area (Å²) in [6.45, 7) is 30.4. The maximum absolute atomic E-state index is 5.27. The second kappa shape index (κ2) is 12.9. The molecule has 1 saturated heterocycles. The first-order chi connectivity index (χ1) is 19.0. The van der Waals surface area contributed by atoms with Crippen LogP contribution < -0.4 is 5.32 Å². The van der Waals surface area contributed by atoms with Gasteiger partial charge in [-0.15, -0.1) is 0 Å². The van der Waals surface area contributed by atoms with Crippen LogP contribution in [0.5, 0.6) is 0 Å². The first-order valence-electron chi connectivity index (χ1n) is 17.1. The summed E-state index contributed by atoms with van der Waals surface area (Å²) in [5, 5.41) is 3.71. The van der Waals surface area contributed by atoms with Crippen molar-refractivity contribution in [2.24, 2.45) is 45.4 Å². The Morgan fingerprint density at radius 1 is 1.10 bits per heavy atom. The van der Waals surface area contributed by atoms with Gasteiger partial charge < -0.3 is 10.2 Å². The topological polar surface area (TPSA) is 27.6 Å². The molecule has 1 N–H and O–H groups in total. The molecule has 0 aromatic heterocycles. The Morgan fingerprint density at radius 2 is 1.85 bits per heavy atom. The van der Waals surface area contributed by atoms with E-state index >= 15 is 0 Å². The van der Waals surface area contributed by atoms with Gasteiger partial charge in [0.25, 0.3) is 0 Å². The number of aliphatic imine (C=N–C) groups is 1. The molecule has 0 aromatic carbocycles. The van der Waals surface area contributed by atoms with Crippen LogP contribution in [-0.4, -0.2) is 42.3 Å². The Morgan fingerprint density at radius 3 is 2.52 bits per heavy atom. The summed E-state index contributed by atoms with van der Waals surface area (Å²) in [5.41, 5.74) is 6.56. The number of hydrogen-bond donors (Lipinski definition) is 1. The fraction of sp³-hybridized carbons (Fsp3) is 0.811. The summed E-state index contributed by atoms with van der Waals surface area (Å²) in [5.74, 6) is 4.11. The lowest BCUT2D eigenvalue weighted by Gasteiger charge is -2.58. The quantitative estimate of drug-likeness (QED) is 0.306. The first kappa shape index (κ1) is 31.6. The predicted molar refractivity (Wildman–Crippen MR) is 175 cm³/mol. The summed E-state index contributed by atoms with van der Waals surface area (Å²) in [4.78, 5) is 7.78. The maximum Gasteiger partial charge on any atom is 0.0781 e. The van der Waals surface area contributed by atoms with Gasteiger partial charge in [-0.2, -0.15) is 0 Å². The largest absolute Gasteiger partial charge is 0.371 e. The molecule has 0 amide bonds. The van der Waals surface area contributed by atoms with Crippen molar-refractivity contribution in [2.75, 3.05) is 19.6 Å². The molecule has 5 rings (SSSR count). The molecule has 40 heavy (non-hydrogen) atoms. The SMILES string of the molecule is C=C1C=C2CCC3C(CCC4(C)C(C(C)=NCC(=C)N(CCC5CC(C)CN5)C(C)C)CCC34)C2(C)CC1.CC. The van der Waals surface area contributed by atoms with Crippen LogP contribution in [0.3, 0.4) is 0 Å². The molecule has 3 nitrogen and oxygen atoms in total. The zero-order chi connectivity index (χ0) is 29.2. The number of hydrogen-bond acceptors (Lipinski definition) is 3. The summed E-state index contributed by atoms with van der Waals surface area (Å²) in [6, 6.07) is 1.14. The molecule has 5 aliphatic rings. The zero-order valence-corrected chi connectivity index (χ0v) is 27.6. The highest BCUT2D eigenvalue weighted by atomic mass is 15.2. The number of fused-ring (bicyclic) bond motifs is 5. The summed E-state index contributed by atoms with van der Waals surface area (Å²) in [7, 11) is 0. The summed E-state index contributed by atoms with van der Waals surface area (Å²) >= 11 is 0. The van der Waals surface area contributed by atoms with E-state index in [2.05, 4.69) is 71.0 Å². The third-order valence-corrected chi connectivity index (χ3v) is 12.3. The van der Waals surface area contributed by atoms with Gasteiger partial charge in [-0.3, -0.25) is 4.99 Å². The fourth-order valence-electron chi connectivity index (χ4n) is 10.1. The van der Waals surface area contributed by atoms with Crippen LogP contribution in [0, 0.1) is 40.4 Å². The van der Waals surface area contributed by atoms with E-state index in [-0.39, 0.29) is 0 Å². The van der Waals surface area contributed by atoms with Crippen LogP contribution in [0.25, 0.3) is 0 Å². The Labute approximate surface area is 248 Å². The van der Waals surface area contributed by atoms with Crippen molar-refractivity contribution in [2.45, 2.75) is 132 Å². The third-order valence-electron chi connectivity index (χ3n) is 12.3. The van der Waals surface area contributed by atoms with Gasteiger partial charge >= 0.3 is 0 Å². The van der Waals surface area contributed by atoms with Crippen LogP contribution >= 0.6 is 0 Å². The smallest absolute Gasteiger partial charge is 0.0781 e. The van der Waals surface area contributed by atoms with E-state index in [1.807, 2.05) is 13.8 Å². The Kier molecular flexibility index (Phi) is 10.2. The third kappa shape index (κ3) is 6.06. The van der Waals surface area contributed by atoms with Crippen LogP contribution in [0.4, 0.5) is 0 Å². The van der Waals surface area contributed by atoms with Crippen molar-refractivity contribution < 1.29 is 0 Å². The van der Waals surface area contributed by atoms with Crippen molar-refractivity contribution in [3.63, 3.8) is 0 Å². The highest BCUT2D eigenvalue weighted by molar-refractivity contribution is 5.85. The second-order valence-electron chi connectivity index (χ2n) is 14.9. The first-order valence-corrected chi connectivity index (χ1v) is 17.1. The maximum atomic E-state index is 5.27. The van der Waals surface area contributed by atoms with E-state index in [1.54, 1.807) is 5.57 Å². The standard InChI is InChI=1S/C35H57N3.C2H6/c1-23(2)38(18-15-29-20-25(4)21-37-29)26(5)22-36-27(6)31-11-12-32-30-10-9-28-19-24(3)13-16-34(28,7)33(30)14-17-35(31,32)8;1-2/h19,23,25,29-33,37H,3,5,9-18,20-22H2,1-2,4,6-8H3;1-2H3. The van der Waals surface area contributed by atoms with Crippen LogP contribution in [0.2, 0.25) is 0 Å². The number of nitrogens with one attached hydrogen (secondary N) is 1. The van der Waals surface area contributed by atoms with Gasteiger partial charge in [-0.05, 0) is 126 Å². The van der Waals surface area contributed by atoms with Gasteiger partial charge in [0, 0.05) is 36.0 Å². The van der Waals surface area contributed by atoms with Gasteiger partial charge in [0.2, 0.25) is 0 Å². The fourth-order valence-corrected chi connectivity index (χ4v) is 10.1. The minimum atomic E-state index is 0.425. The average molecular weight is 550 g/mol. The molecule has 3 heteroatoms. The van der Waals surface area contributed by atoms with Gasteiger partial charge in [0.1, 0.15) is 0 Å². The molecule has 8 atom stereocenters. The summed E-state index contributed by atoms with van der Waals surface area (Å²) in [6.07, 6.45) is 15.8. The zero-order valence-electron chi connectivity index (χ0n) is 27.6. The highest BCUT2D eigenvalue weighted by Crippen LogP contribution is 2.67. The van der Waals surface area contributed by atoms with Crippen LogP contribution in [-0.2, 0) is 0 Å². The molecule has 0 bridgehead atoms. The molecule has 0 radical (unpaired) electrons. The molecule has 3 saturated carbocycles. The summed E-state index contributed by atoms with van der Waals surface area (Å²) < 4.78 is 0. The van der Waals surface area contributed by atoms with E-state index in [0.29, 0.717) is 28.8 Å². The lowest BCUT2D eigenvalue weighted by Crippen LogP contribution is -2.50. The molecule has 1 heterocycles. The van der Waals surface area contributed by atoms with E-state index in [9.17, 15) is 0 Å². The van der Waals surface area contributed by atoms with Gasteiger partial charge in [0.05, 0.1) is 6.54 Å². The van der Waals surface area contributed by atoms with E-state index in [4.69, 9.17) is 4.99 Å². The van der Waals surface area contributed by atoms with Crippen molar-refractivity contribution in [1.29, 1.82) is 0 Å². The molecule has 226 valence electrons. The number of allylic oxidation sites excluding steroid dienone is 3. The lowest BCUT2D eigenvalue weighted by molar-refractivity contribution is -0.0417. The van der Waals surface area contributed by atoms with Crippen LogP contribution in [0.15, 0.2) is 41.1 Å². The lowest BCUT2D eigenvalue weighted by atomic mass is 9.46. The predicted octanol–water partition coefficient (Wildman–Crippen LogP) is 9.22. The van der Waals surface area contributed by atoms with E-state index in [0.717, 1.165) is 36.8 Å². The molecule has 4 fully saturated rings. The Bertz CT molecular complexity index is 974. The molecule has 1 aliphatic heterocycles. The molecule has 0 spiro atoms. The molecular formula is C37H63N3. The molecular weight excluding hydrogens is 486 g/mol. The monoisotopic (exact) mass is 550 g/mol. The number of rotatable bonds is 8.